The van der Waals surface area contributed by atoms with Crippen molar-refractivity contribution in [2.24, 2.45) is 0 Å². The SMILES string of the molecule is CCOC(=O)CN1CCCc2ccccc2C1=O. The first kappa shape index (κ1) is 12.6. The number of amides is 1. The van der Waals surface area contributed by atoms with E-state index in [9.17, 15) is 9.59 Å². The van der Waals surface area contributed by atoms with Crippen LogP contribution < -0.4 is 0 Å². The molecular weight excluding hydrogens is 230 g/mol. The summed E-state index contributed by atoms with van der Waals surface area (Å²) in [6, 6.07) is 7.58. The number of carbonyl (C=O) groups excluding carboxylic acids is 2. The molecule has 18 heavy (non-hydrogen) atoms. The van der Waals surface area contributed by atoms with E-state index in [2.05, 4.69) is 0 Å². The van der Waals surface area contributed by atoms with Crippen LogP contribution in [0.5, 0.6) is 0 Å². The Labute approximate surface area is 107 Å². The van der Waals surface area contributed by atoms with Gasteiger partial charge in [-0.25, -0.2) is 0 Å². The number of hydrogen-bond donors (Lipinski definition) is 0. The van der Waals surface area contributed by atoms with E-state index in [0.717, 1.165) is 18.4 Å². The Morgan fingerprint density at radius 2 is 2.17 bits per heavy atom. The molecule has 1 aromatic carbocycles. The topological polar surface area (TPSA) is 46.6 Å². The molecule has 0 spiro atoms. The van der Waals surface area contributed by atoms with Gasteiger partial charge in [-0.15, -0.1) is 0 Å². The van der Waals surface area contributed by atoms with Crippen LogP contribution in [0.4, 0.5) is 0 Å². The maximum Gasteiger partial charge on any atom is 0.325 e. The number of ether oxygens (including phenoxy) is 1. The van der Waals surface area contributed by atoms with Crippen LogP contribution in [0.15, 0.2) is 24.3 Å². The molecule has 1 aromatic rings. The molecule has 0 fully saturated rings. The molecule has 0 atom stereocenters. The first-order chi connectivity index (χ1) is 8.72. The number of fused-ring (bicyclic) bond motifs is 1. The van der Waals surface area contributed by atoms with Crippen LogP contribution in [0.25, 0.3) is 0 Å². The van der Waals surface area contributed by atoms with E-state index in [4.69, 9.17) is 4.74 Å². The lowest BCUT2D eigenvalue weighted by molar-refractivity contribution is -0.143. The van der Waals surface area contributed by atoms with Crippen molar-refractivity contribution in [3.05, 3.63) is 35.4 Å². The van der Waals surface area contributed by atoms with Crippen molar-refractivity contribution >= 4 is 11.9 Å². The Hall–Kier alpha value is -1.84. The Kier molecular flexibility index (Phi) is 3.97. The lowest BCUT2D eigenvalue weighted by Crippen LogP contribution is -2.36. The fourth-order valence-electron chi connectivity index (χ4n) is 2.19. The van der Waals surface area contributed by atoms with Crippen LogP contribution in [0.1, 0.15) is 29.3 Å². The molecule has 96 valence electrons. The molecule has 0 saturated carbocycles. The highest BCUT2D eigenvalue weighted by molar-refractivity contribution is 5.97. The molecule has 0 bridgehead atoms. The molecular formula is C14H17NO3. The fourth-order valence-corrected chi connectivity index (χ4v) is 2.19. The lowest BCUT2D eigenvalue weighted by Gasteiger charge is -2.19. The largest absolute Gasteiger partial charge is 0.465 e. The second-order valence-electron chi connectivity index (χ2n) is 4.29. The zero-order valence-corrected chi connectivity index (χ0v) is 10.5. The van der Waals surface area contributed by atoms with Crippen molar-refractivity contribution in [3.63, 3.8) is 0 Å². The van der Waals surface area contributed by atoms with Crippen molar-refractivity contribution in [3.8, 4) is 0 Å². The first-order valence-corrected chi connectivity index (χ1v) is 6.25. The molecule has 0 aliphatic carbocycles. The number of esters is 1. The van der Waals surface area contributed by atoms with Crippen LogP contribution in [0, 0.1) is 0 Å². The third-order valence-corrected chi connectivity index (χ3v) is 3.03. The van der Waals surface area contributed by atoms with E-state index in [0.29, 0.717) is 18.7 Å². The molecule has 0 saturated heterocycles. The number of carbonyl (C=O) groups is 2. The van der Waals surface area contributed by atoms with E-state index in [-0.39, 0.29) is 18.4 Å². The van der Waals surface area contributed by atoms with Gasteiger partial charge in [0.25, 0.3) is 5.91 Å². The van der Waals surface area contributed by atoms with Gasteiger partial charge in [0, 0.05) is 12.1 Å². The summed E-state index contributed by atoms with van der Waals surface area (Å²) in [4.78, 5) is 25.3. The molecule has 0 unspecified atom stereocenters. The van der Waals surface area contributed by atoms with Gasteiger partial charge in [-0.1, -0.05) is 18.2 Å². The summed E-state index contributed by atoms with van der Waals surface area (Å²) in [5.41, 5.74) is 1.77. The standard InChI is InChI=1S/C14H17NO3/c1-2-18-13(16)10-15-9-5-7-11-6-3-4-8-12(11)14(15)17/h3-4,6,8H,2,5,7,9-10H2,1H3. The van der Waals surface area contributed by atoms with Gasteiger partial charge in [-0.2, -0.15) is 0 Å². The highest BCUT2D eigenvalue weighted by atomic mass is 16.5. The molecule has 1 amide bonds. The van der Waals surface area contributed by atoms with Crippen LogP contribution >= 0.6 is 0 Å². The van der Waals surface area contributed by atoms with Crippen molar-refractivity contribution in [2.45, 2.75) is 19.8 Å². The van der Waals surface area contributed by atoms with E-state index in [1.807, 2.05) is 24.3 Å². The number of hydrogen-bond acceptors (Lipinski definition) is 3. The Balaban J connectivity index is 2.15. The van der Waals surface area contributed by atoms with Gasteiger partial charge in [0.2, 0.25) is 0 Å². The second-order valence-corrected chi connectivity index (χ2v) is 4.29. The fraction of sp³-hybridized carbons (Fsp3) is 0.429. The maximum atomic E-state index is 12.3. The van der Waals surface area contributed by atoms with E-state index >= 15 is 0 Å². The number of aryl methyl sites for hydroxylation is 1. The van der Waals surface area contributed by atoms with Crippen molar-refractivity contribution < 1.29 is 14.3 Å². The monoisotopic (exact) mass is 247 g/mol. The summed E-state index contributed by atoms with van der Waals surface area (Å²) >= 11 is 0. The normalized spacial score (nSPS) is 14.9. The second kappa shape index (κ2) is 5.67. The predicted octanol–water partition coefficient (Wildman–Crippen LogP) is 1.64. The van der Waals surface area contributed by atoms with Gasteiger partial charge in [-0.05, 0) is 31.4 Å². The summed E-state index contributed by atoms with van der Waals surface area (Å²) in [5.74, 6) is -0.415. The zero-order valence-electron chi connectivity index (χ0n) is 10.5. The van der Waals surface area contributed by atoms with Crippen molar-refractivity contribution in [2.75, 3.05) is 19.7 Å². The Bertz CT molecular complexity index is 456. The number of rotatable bonds is 3. The Morgan fingerprint density at radius 3 is 2.94 bits per heavy atom. The van der Waals surface area contributed by atoms with Gasteiger partial charge in [0.1, 0.15) is 6.54 Å². The van der Waals surface area contributed by atoms with Crippen LogP contribution in [-0.4, -0.2) is 36.5 Å². The molecule has 1 heterocycles. The minimum Gasteiger partial charge on any atom is -0.465 e. The molecule has 0 N–H and O–H groups in total. The molecule has 2 rings (SSSR count). The van der Waals surface area contributed by atoms with Crippen molar-refractivity contribution in [1.29, 1.82) is 0 Å². The van der Waals surface area contributed by atoms with Gasteiger partial charge in [0.15, 0.2) is 0 Å². The average Bonchev–Trinajstić information content (AvgIpc) is 2.51. The molecule has 0 radical (unpaired) electrons. The molecule has 4 heteroatoms. The number of nitrogens with zero attached hydrogens (tertiary/aromatic N) is 1. The van der Waals surface area contributed by atoms with E-state index in [1.54, 1.807) is 11.8 Å². The quantitative estimate of drug-likeness (QED) is 0.763. The summed E-state index contributed by atoms with van der Waals surface area (Å²) in [6.07, 6.45) is 1.75. The van der Waals surface area contributed by atoms with Gasteiger partial charge < -0.3 is 9.64 Å². The Morgan fingerprint density at radius 1 is 1.39 bits per heavy atom. The summed E-state index contributed by atoms with van der Waals surface area (Å²) in [7, 11) is 0. The zero-order chi connectivity index (χ0) is 13.0. The minimum atomic E-state index is -0.342. The summed E-state index contributed by atoms with van der Waals surface area (Å²) < 4.78 is 4.89. The van der Waals surface area contributed by atoms with Gasteiger partial charge in [-0.3, -0.25) is 9.59 Å². The summed E-state index contributed by atoms with van der Waals surface area (Å²) in [6.45, 7) is 2.75. The number of benzene rings is 1. The first-order valence-electron chi connectivity index (χ1n) is 6.25. The van der Waals surface area contributed by atoms with Crippen LogP contribution in [0.2, 0.25) is 0 Å². The van der Waals surface area contributed by atoms with E-state index in [1.165, 1.54) is 0 Å². The third-order valence-electron chi connectivity index (χ3n) is 3.03. The highest BCUT2D eigenvalue weighted by Gasteiger charge is 2.23. The minimum absolute atomic E-state index is 0.0427. The predicted molar refractivity (Wildman–Crippen MR) is 67.3 cm³/mol. The van der Waals surface area contributed by atoms with Gasteiger partial charge >= 0.3 is 5.97 Å². The highest BCUT2D eigenvalue weighted by Crippen LogP contribution is 2.18. The molecule has 0 aromatic heterocycles. The maximum absolute atomic E-state index is 12.3. The van der Waals surface area contributed by atoms with E-state index < -0.39 is 0 Å². The van der Waals surface area contributed by atoms with Crippen LogP contribution in [-0.2, 0) is 16.0 Å². The molecule has 1 aliphatic rings. The third kappa shape index (κ3) is 2.70. The van der Waals surface area contributed by atoms with Crippen molar-refractivity contribution in [1.82, 2.24) is 4.90 Å². The van der Waals surface area contributed by atoms with Gasteiger partial charge in [0.05, 0.1) is 6.61 Å². The summed E-state index contributed by atoms with van der Waals surface area (Å²) in [5, 5.41) is 0. The molecule has 4 nitrogen and oxygen atoms in total. The lowest BCUT2D eigenvalue weighted by atomic mass is 10.0. The molecule has 1 aliphatic heterocycles. The smallest absolute Gasteiger partial charge is 0.325 e. The average molecular weight is 247 g/mol. The van der Waals surface area contributed by atoms with Crippen LogP contribution in [0.3, 0.4) is 0 Å².